The molecule has 0 aliphatic rings. The molecule has 5 heteroatoms. The van der Waals surface area contributed by atoms with Gasteiger partial charge in [-0.25, -0.2) is 0 Å². The Bertz CT molecular complexity index is 376. The van der Waals surface area contributed by atoms with Crippen molar-refractivity contribution in [2.24, 2.45) is 5.92 Å². The Morgan fingerprint density at radius 2 is 2.06 bits per heavy atom. The normalized spacial score (nSPS) is 11.6. The molecule has 1 unspecified atom stereocenters. The van der Waals surface area contributed by atoms with Gasteiger partial charge in [0.2, 0.25) is 6.41 Å². The van der Waals surface area contributed by atoms with E-state index < -0.39 is 0 Å². The highest BCUT2D eigenvalue weighted by Gasteiger charge is 2.06. The number of carbonyl (C=O) groups is 2. The van der Waals surface area contributed by atoms with E-state index in [0.717, 1.165) is 0 Å². The maximum atomic E-state index is 11.7. The summed E-state index contributed by atoms with van der Waals surface area (Å²) < 4.78 is 0. The molecule has 5 nitrogen and oxygen atoms in total. The van der Waals surface area contributed by atoms with E-state index in [9.17, 15) is 9.59 Å². The van der Waals surface area contributed by atoms with Crippen molar-refractivity contribution in [3.05, 3.63) is 29.8 Å². The first-order valence-electron chi connectivity index (χ1n) is 5.36. The van der Waals surface area contributed by atoms with Gasteiger partial charge in [0.05, 0.1) is 0 Å². The Morgan fingerprint density at radius 1 is 1.41 bits per heavy atom. The second-order valence-corrected chi connectivity index (χ2v) is 3.84. The average Bonchev–Trinajstić information content (AvgIpc) is 2.36. The van der Waals surface area contributed by atoms with Crippen LogP contribution >= 0.6 is 0 Å². The van der Waals surface area contributed by atoms with Crippen molar-refractivity contribution >= 4 is 18.0 Å². The van der Waals surface area contributed by atoms with Crippen LogP contribution in [0.25, 0.3) is 0 Å². The standard InChI is InChI=1S/C12H16N2O3/c1-9(7-15)6-13-12(17)10-2-4-11(5-3-10)14-8-16/h2-5,8-9,15H,6-7H2,1H3,(H,13,17)(H,14,16). The molecule has 3 N–H and O–H groups in total. The van der Waals surface area contributed by atoms with E-state index in [4.69, 9.17) is 5.11 Å². The Kier molecular flexibility index (Phi) is 5.16. The maximum Gasteiger partial charge on any atom is 0.251 e. The summed E-state index contributed by atoms with van der Waals surface area (Å²) in [7, 11) is 0. The van der Waals surface area contributed by atoms with Crippen LogP contribution in [0.1, 0.15) is 17.3 Å². The molecule has 1 rings (SSSR count). The molecule has 0 spiro atoms. The molecule has 0 saturated carbocycles. The molecular weight excluding hydrogens is 220 g/mol. The van der Waals surface area contributed by atoms with E-state index in [0.29, 0.717) is 24.2 Å². The van der Waals surface area contributed by atoms with Crippen LogP contribution in [0.4, 0.5) is 5.69 Å². The molecule has 2 amide bonds. The van der Waals surface area contributed by atoms with Crippen LogP contribution in [-0.4, -0.2) is 30.6 Å². The number of benzene rings is 1. The van der Waals surface area contributed by atoms with Gasteiger partial charge in [-0.1, -0.05) is 6.92 Å². The van der Waals surface area contributed by atoms with Gasteiger partial charge in [-0.2, -0.15) is 0 Å². The van der Waals surface area contributed by atoms with Gasteiger partial charge in [0.1, 0.15) is 0 Å². The minimum absolute atomic E-state index is 0.0370. The first-order chi connectivity index (χ1) is 8.17. The fourth-order valence-electron chi connectivity index (χ4n) is 1.22. The monoisotopic (exact) mass is 236 g/mol. The Labute approximate surface area is 99.8 Å². The number of aliphatic hydroxyl groups excluding tert-OH is 1. The van der Waals surface area contributed by atoms with E-state index in [2.05, 4.69) is 10.6 Å². The van der Waals surface area contributed by atoms with Crippen LogP contribution in [0.2, 0.25) is 0 Å². The molecule has 0 aliphatic carbocycles. The third-order valence-corrected chi connectivity index (χ3v) is 2.30. The first kappa shape index (κ1) is 13.2. The molecule has 17 heavy (non-hydrogen) atoms. The predicted octanol–water partition coefficient (Wildman–Crippen LogP) is 0.613. The number of carbonyl (C=O) groups excluding carboxylic acids is 2. The summed E-state index contributed by atoms with van der Waals surface area (Å²) in [6.45, 7) is 2.32. The van der Waals surface area contributed by atoms with Crippen molar-refractivity contribution < 1.29 is 14.7 Å². The van der Waals surface area contributed by atoms with Crippen LogP contribution < -0.4 is 10.6 Å². The summed E-state index contributed by atoms with van der Waals surface area (Å²) >= 11 is 0. The zero-order valence-corrected chi connectivity index (χ0v) is 9.64. The van der Waals surface area contributed by atoms with Crippen LogP contribution in [0.3, 0.4) is 0 Å². The minimum Gasteiger partial charge on any atom is -0.396 e. The third kappa shape index (κ3) is 4.24. The van der Waals surface area contributed by atoms with E-state index in [1.807, 2.05) is 6.92 Å². The molecule has 1 aromatic rings. The molecule has 1 aromatic carbocycles. The lowest BCUT2D eigenvalue weighted by molar-refractivity contribution is -0.105. The van der Waals surface area contributed by atoms with Crippen LogP contribution in [0.15, 0.2) is 24.3 Å². The maximum absolute atomic E-state index is 11.7. The van der Waals surface area contributed by atoms with Gasteiger partial charge in [0.25, 0.3) is 5.91 Å². The van der Waals surface area contributed by atoms with Gasteiger partial charge in [0.15, 0.2) is 0 Å². The molecular formula is C12H16N2O3. The largest absolute Gasteiger partial charge is 0.396 e. The van der Waals surface area contributed by atoms with Gasteiger partial charge >= 0.3 is 0 Å². The Balaban J connectivity index is 2.54. The number of anilines is 1. The van der Waals surface area contributed by atoms with Crippen LogP contribution in [0, 0.1) is 5.92 Å². The number of hydrogen-bond donors (Lipinski definition) is 3. The van der Waals surface area contributed by atoms with Crippen molar-refractivity contribution in [2.45, 2.75) is 6.92 Å². The van der Waals surface area contributed by atoms with Crippen LogP contribution in [0.5, 0.6) is 0 Å². The quantitative estimate of drug-likeness (QED) is 0.633. The molecule has 0 saturated heterocycles. The fraction of sp³-hybridized carbons (Fsp3) is 0.333. The highest BCUT2D eigenvalue weighted by molar-refractivity contribution is 5.94. The lowest BCUT2D eigenvalue weighted by Gasteiger charge is -2.09. The SMILES string of the molecule is CC(CO)CNC(=O)c1ccc(NC=O)cc1. The van der Waals surface area contributed by atoms with Gasteiger partial charge in [0, 0.05) is 24.4 Å². The molecule has 0 aromatic heterocycles. The van der Waals surface area contributed by atoms with Crippen LogP contribution in [-0.2, 0) is 4.79 Å². The van der Waals surface area contributed by atoms with E-state index >= 15 is 0 Å². The smallest absolute Gasteiger partial charge is 0.251 e. The van der Waals surface area contributed by atoms with Gasteiger partial charge < -0.3 is 15.7 Å². The molecule has 0 aliphatic heterocycles. The van der Waals surface area contributed by atoms with Crippen molar-refractivity contribution in [3.8, 4) is 0 Å². The van der Waals surface area contributed by atoms with Crippen molar-refractivity contribution in [3.63, 3.8) is 0 Å². The zero-order valence-electron chi connectivity index (χ0n) is 9.64. The summed E-state index contributed by atoms with van der Waals surface area (Å²) in [4.78, 5) is 21.8. The minimum atomic E-state index is -0.192. The van der Waals surface area contributed by atoms with E-state index in [1.54, 1.807) is 24.3 Å². The molecule has 0 heterocycles. The summed E-state index contributed by atoms with van der Waals surface area (Å²) in [5.41, 5.74) is 1.16. The topological polar surface area (TPSA) is 78.4 Å². The fourth-order valence-corrected chi connectivity index (χ4v) is 1.22. The lowest BCUT2D eigenvalue weighted by Crippen LogP contribution is -2.29. The molecule has 0 radical (unpaired) electrons. The number of rotatable bonds is 6. The second kappa shape index (κ2) is 6.65. The highest BCUT2D eigenvalue weighted by atomic mass is 16.3. The highest BCUT2D eigenvalue weighted by Crippen LogP contribution is 2.08. The van der Waals surface area contributed by atoms with Gasteiger partial charge in [-0.3, -0.25) is 9.59 Å². The van der Waals surface area contributed by atoms with Gasteiger partial charge in [-0.15, -0.1) is 0 Å². The lowest BCUT2D eigenvalue weighted by atomic mass is 10.1. The van der Waals surface area contributed by atoms with Crippen molar-refractivity contribution in [1.29, 1.82) is 0 Å². The number of aliphatic hydroxyl groups is 1. The van der Waals surface area contributed by atoms with Crippen molar-refractivity contribution in [2.75, 3.05) is 18.5 Å². The molecule has 92 valence electrons. The second-order valence-electron chi connectivity index (χ2n) is 3.84. The summed E-state index contributed by atoms with van der Waals surface area (Å²) in [6, 6.07) is 6.56. The molecule has 1 atom stereocenters. The number of hydrogen-bond acceptors (Lipinski definition) is 3. The van der Waals surface area contributed by atoms with E-state index in [1.165, 1.54) is 0 Å². The number of nitrogens with one attached hydrogen (secondary N) is 2. The summed E-state index contributed by atoms with van der Waals surface area (Å²) in [6.07, 6.45) is 0.581. The van der Waals surface area contributed by atoms with E-state index in [-0.39, 0.29) is 18.4 Å². The average molecular weight is 236 g/mol. The van der Waals surface area contributed by atoms with Gasteiger partial charge in [-0.05, 0) is 30.2 Å². The summed E-state index contributed by atoms with van der Waals surface area (Å²) in [5.74, 6) is -0.155. The molecule has 0 bridgehead atoms. The number of amides is 2. The first-order valence-corrected chi connectivity index (χ1v) is 5.36. The zero-order chi connectivity index (χ0) is 12.7. The summed E-state index contributed by atoms with van der Waals surface area (Å²) in [5, 5.41) is 14.0. The third-order valence-electron chi connectivity index (χ3n) is 2.30. The van der Waals surface area contributed by atoms with Crippen molar-refractivity contribution in [1.82, 2.24) is 5.32 Å². The molecule has 0 fully saturated rings. The predicted molar refractivity (Wildman–Crippen MR) is 64.7 cm³/mol. The Hall–Kier alpha value is -1.88. The Morgan fingerprint density at radius 3 is 2.59 bits per heavy atom.